The Morgan fingerprint density at radius 2 is 1.53 bits per heavy atom. The molecule has 15 heavy (non-hydrogen) atoms. The Kier molecular flexibility index (Phi) is 3.38. The second kappa shape index (κ2) is 4.96. The van der Waals surface area contributed by atoms with Gasteiger partial charge in [0.25, 0.3) is 5.91 Å². The molecule has 0 aromatic heterocycles. The van der Waals surface area contributed by atoms with Crippen LogP contribution in [-0.4, -0.2) is 23.9 Å². The highest BCUT2D eigenvalue weighted by Gasteiger charge is 2.16. The lowest BCUT2D eigenvalue weighted by molar-refractivity contribution is 0.0761. The first kappa shape index (κ1) is 10.2. The number of hydrogen-bond donors (Lipinski definition) is 0. The van der Waals surface area contributed by atoms with Gasteiger partial charge in [-0.2, -0.15) is 0 Å². The molecule has 2 heteroatoms. The van der Waals surface area contributed by atoms with Crippen LogP contribution in [0, 0.1) is 0 Å². The third kappa shape index (κ3) is 2.58. The Morgan fingerprint density at radius 1 is 0.933 bits per heavy atom. The van der Waals surface area contributed by atoms with E-state index in [0.717, 1.165) is 31.5 Å². The molecule has 1 amide bonds. The number of carbonyl (C=O) groups is 1. The van der Waals surface area contributed by atoms with E-state index in [2.05, 4.69) is 0 Å². The summed E-state index contributed by atoms with van der Waals surface area (Å²) in [5.74, 6) is 0.192. The zero-order chi connectivity index (χ0) is 10.5. The molecule has 0 unspecified atom stereocenters. The fourth-order valence-electron chi connectivity index (χ4n) is 2.04. The van der Waals surface area contributed by atoms with E-state index in [0.29, 0.717) is 0 Å². The van der Waals surface area contributed by atoms with E-state index in [9.17, 15) is 4.79 Å². The first-order valence-electron chi connectivity index (χ1n) is 5.72. The van der Waals surface area contributed by atoms with Crippen LogP contribution in [0.5, 0.6) is 0 Å². The lowest BCUT2D eigenvalue weighted by Crippen LogP contribution is -2.31. The highest BCUT2D eigenvalue weighted by Crippen LogP contribution is 2.12. The third-order valence-corrected chi connectivity index (χ3v) is 2.91. The SMILES string of the molecule is O=C(c1ccccc1)N1CCCCCC1. The van der Waals surface area contributed by atoms with Gasteiger partial charge >= 0.3 is 0 Å². The van der Waals surface area contributed by atoms with Crippen LogP contribution in [-0.2, 0) is 0 Å². The molecule has 0 atom stereocenters. The van der Waals surface area contributed by atoms with Gasteiger partial charge in [0.1, 0.15) is 0 Å². The van der Waals surface area contributed by atoms with Crippen LogP contribution >= 0.6 is 0 Å². The molecule has 2 rings (SSSR count). The smallest absolute Gasteiger partial charge is 0.253 e. The van der Waals surface area contributed by atoms with E-state index < -0.39 is 0 Å². The van der Waals surface area contributed by atoms with Gasteiger partial charge in [0.15, 0.2) is 0 Å². The van der Waals surface area contributed by atoms with Crippen LogP contribution in [0.25, 0.3) is 0 Å². The van der Waals surface area contributed by atoms with Gasteiger partial charge in [-0.1, -0.05) is 31.0 Å². The van der Waals surface area contributed by atoms with E-state index in [-0.39, 0.29) is 5.91 Å². The molecule has 2 nitrogen and oxygen atoms in total. The third-order valence-electron chi connectivity index (χ3n) is 2.91. The second-order valence-corrected chi connectivity index (χ2v) is 4.07. The van der Waals surface area contributed by atoms with Gasteiger partial charge < -0.3 is 4.90 Å². The fourth-order valence-corrected chi connectivity index (χ4v) is 2.04. The summed E-state index contributed by atoms with van der Waals surface area (Å²) in [7, 11) is 0. The van der Waals surface area contributed by atoms with Crippen LogP contribution in [0.3, 0.4) is 0 Å². The molecule has 0 bridgehead atoms. The number of nitrogens with zero attached hydrogens (tertiary/aromatic N) is 1. The Morgan fingerprint density at radius 3 is 2.13 bits per heavy atom. The number of likely N-dealkylation sites (tertiary alicyclic amines) is 1. The zero-order valence-corrected chi connectivity index (χ0v) is 8.98. The quantitative estimate of drug-likeness (QED) is 0.687. The Balaban J connectivity index is 2.06. The standard InChI is InChI=1S/C13H17NO/c15-13(12-8-4-3-5-9-12)14-10-6-1-2-7-11-14/h3-5,8-9H,1-2,6-7,10-11H2. The Hall–Kier alpha value is -1.31. The van der Waals surface area contributed by atoms with Crippen molar-refractivity contribution in [3.63, 3.8) is 0 Å². The van der Waals surface area contributed by atoms with E-state index in [1.165, 1.54) is 12.8 Å². The maximum atomic E-state index is 12.1. The first-order chi connectivity index (χ1) is 7.38. The van der Waals surface area contributed by atoms with Gasteiger partial charge in [0.2, 0.25) is 0 Å². The Labute approximate surface area is 90.9 Å². The lowest BCUT2D eigenvalue weighted by Gasteiger charge is -2.20. The van der Waals surface area contributed by atoms with E-state index in [4.69, 9.17) is 0 Å². The average Bonchev–Trinajstić information content (AvgIpc) is 2.58. The predicted octanol–water partition coefficient (Wildman–Crippen LogP) is 2.70. The number of amides is 1. The topological polar surface area (TPSA) is 20.3 Å². The minimum atomic E-state index is 0.192. The van der Waals surface area contributed by atoms with E-state index >= 15 is 0 Å². The summed E-state index contributed by atoms with van der Waals surface area (Å²) in [6.45, 7) is 1.85. The molecule has 0 radical (unpaired) electrons. The molecule has 1 heterocycles. The van der Waals surface area contributed by atoms with Crippen LogP contribution < -0.4 is 0 Å². The van der Waals surface area contributed by atoms with Gasteiger partial charge in [0, 0.05) is 18.7 Å². The van der Waals surface area contributed by atoms with Crippen molar-refractivity contribution in [3.05, 3.63) is 35.9 Å². The summed E-state index contributed by atoms with van der Waals surface area (Å²) < 4.78 is 0. The van der Waals surface area contributed by atoms with Crippen molar-refractivity contribution in [1.29, 1.82) is 0 Å². The van der Waals surface area contributed by atoms with E-state index in [1.54, 1.807) is 0 Å². The molecule has 1 saturated heterocycles. The average molecular weight is 203 g/mol. The van der Waals surface area contributed by atoms with Crippen molar-refractivity contribution in [3.8, 4) is 0 Å². The molecule has 1 aromatic rings. The number of benzene rings is 1. The fraction of sp³-hybridized carbons (Fsp3) is 0.462. The summed E-state index contributed by atoms with van der Waals surface area (Å²) in [4.78, 5) is 14.1. The van der Waals surface area contributed by atoms with Crippen LogP contribution in [0.15, 0.2) is 30.3 Å². The summed E-state index contributed by atoms with van der Waals surface area (Å²) in [6, 6.07) is 9.58. The second-order valence-electron chi connectivity index (χ2n) is 4.07. The van der Waals surface area contributed by atoms with Crippen molar-refractivity contribution < 1.29 is 4.79 Å². The van der Waals surface area contributed by atoms with Crippen molar-refractivity contribution in [2.45, 2.75) is 25.7 Å². The number of rotatable bonds is 1. The van der Waals surface area contributed by atoms with Gasteiger partial charge in [-0.25, -0.2) is 0 Å². The molecule has 1 fully saturated rings. The van der Waals surface area contributed by atoms with Crippen LogP contribution in [0.2, 0.25) is 0 Å². The molecule has 80 valence electrons. The molecule has 0 spiro atoms. The molecule has 0 N–H and O–H groups in total. The highest BCUT2D eigenvalue weighted by atomic mass is 16.2. The van der Waals surface area contributed by atoms with Crippen molar-refractivity contribution in [2.24, 2.45) is 0 Å². The zero-order valence-electron chi connectivity index (χ0n) is 8.98. The van der Waals surface area contributed by atoms with Gasteiger partial charge in [-0.05, 0) is 25.0 Å². The maximum absolute atomic E-state index is 12.1. The minimum Gasteiger partial charge on any atom is -0.339 e. The lowest BCUT2D eigenvalue weighted by atomic mass is 10.2. The van der Waals surface area contributed by atoms with E-state index in [1.807, 2.05) is 35.2 Å². The van der Waals surface area contributed by atoms with Gasteiger partial charge in [-0.15, -0.1) is 0 Å². The summed E-state index contributed by atoms with van der Waals surface area (Å²) >= 11 is 0. The normalized spacial score (nSPS) is 17.2. The van der Waals surface area contributed by atoms with Gasteiger partial charge in [0.05, 0.1) is 0 Å². The number of hydrogen-bond acceptors (Lipinski definition) is 1. The van der Waals surface area contributed by atoms with Crippen LogP contribution in [0.1, 0.15) is 36.0 Å². The monoisotopic (exact) mass is 203 g/mol. The maximum Gasteiger partial charge on any atom is 0.253 e. The molecular weight excluding hydrogens is 186 g/mol. The molecule has 0 aliphatic carbocycles. The summed E-state index contributed by atoms with van der Waals surface area (Å²) in [6.07, 6.45) is 4.83. The summed E-state index contributed by atoms with van der Waals surface area (Å²) in [5, 5.41) is 0. The highest BCUT2D eigenvalue weighted by molar-refractivity contribution is 5.94. The molecular formula is C13H17NO. The Bertz CT molecular complexity index is 313. The first-order valence-corrected chi connectivity index (χ1v) is 5.72. The van der Waals surface area contributed by atoms with Crippen molar-refractivity contribution >= 4 is 5.91 Å². The molecule has 1 aliphatic heterocycles. The molecule has 1 aromatic carbocycles. The number of carbonyl (C=O) groups excluding carboxylic acids is 1. The molecule has 0 saturated carbocycles. The predicted molar refractivity (Wildman–Crippen MR) is 60.8 cm³/mol. The van der Waals surface area contributed by atoms with Gasteiger partial charge in [-0.3, -0.25) is 4.79 Å². The van der Waals surface area contributed by atoms with Crippen molar-refractivity contribution in [1.82, 2.24) is 4.90 Å². The molecule has 1 aliphatic rings. The van der Waals surface area contributed by atoms with Crippen molar-refractivity contribution in [2.75, 3.05) is 13.1 Å². The summed E-state index contributed by atoms with van der Waals surface area (Å²) in [5.41, 5.74) is 0.819. The largest absolute Gasteiger partial charge is 0.339 e. The van der Waals surface area contributed by atoms with Crippen LogP contribution in [0.4, 0.5) is 0 Å². The minimum absolute atomic E-state index is 0.192.